The van der Waals surface area contributed by atoms with Gasteiger partial charge in [0, 0.05) is 0 Å². The Labute approximate surface area is 278 Å². The Morgan fingerprint density at radius 3 is 1.98 bits per heavy atom. The summed E-state index contributed by atoms with van der Waals surface area (Å²) < 4.78 is 0. The van der Waals surface area contributed by atoms with E-state index >= 15 is 0 Å². The highest BCUT2D eigenvalue weighted by Crippen LogP contribution is 2.34. The molecule has 0 aliphatic rings. The van der Waals surface area contributed by atoms with Gasteiger partial charge in [-0.2, -0.15) is 0 Å². The van der Waals surface area contributed by atoms with Crippen LogP contribution >= 0.6 is 0 Å². The summed E-state index contributed by atoms with van der Waals surface area (Å²) in [5, 5.41) is 13.1. The molecule has 0 N–H and O–H groups in total. The zero-order valence-corrected chi connectivity index (χ0v) is 28.0. The lowest BCUT2D eigenvalue weighted by Gasteiger charge is -2.15. The second kappa shape index (κ2) is 12.9. The van der Waals surface area contributed by atoms with Crippen LogP contribution in [0.1, 0.15) is 55.0 Å². The molecule has 0 radical (unpaired) electrons. The van der Waals surface area contributed by atoms with Gasteiger partial charge in [-0.05, 0) is 121 Å². The van der Waals surface area contributed by atoms with Crippen LogP contribution in [0.5, 0.6) is 0 Å². The Morgan fingerprint density at radius 2 is 1.26 bits per heavy atom. The molecule has 0 atom stereocenters. The Morgan fingerprint density at radius 1 is 0.617 bits per heavy atom. The maximum absolute atomic E-state index is 4.32. The van der Waals surface area contributed by atoms with Gasteiger partial charge >= 0.3 is 0 Å². The first-order chi connectivity index (χ1) is 22.9. The Hall–Kier alpha value is -5.20. The van der Waals surface area contributed by atoms with Gasteiger partial charge in [0.15, 0.2) is 0 Å². The monoisotopic (exact) mass is 606 g/mol. The predicted octanol–water partition coefficient (Wildman–Crippen LogP) is 11.3. The fourth-order valence-corrected chi connectivity index (χ4v) is 7.26. The third kappa shape index (κ3) is 5.93. The SMILES string of the molecule is C=C(C)C(C=CCC)=c1cc(Cc2cc3ccccc3c3cc(Cc4cc5ccc(C)cc5c5ccccc45)ccc23)ccc1=CC. The smallest absolute Gasteiger partial charge is 0.00192 e. The lowest BCUT2D eigenvalue weighted by molar-refractivity contribution is 1.19. The Kier molecular flexibility index (Phi) is 8.35. The van der Waals surface area contributed by atoms with Crippen LogP contribution in [0, 0.1) is 6.92 Å². The van der Waals surface area contributed by atoms with Crippen LogP contribution in [0.25, 0.3) is 54.7 Å². The summed E-state index contributed by atoms with van der Waals surface area (Å²) >= 11 is 0. The van der Waals surface area contributed by atoms with E-state index in [0.29, 0.717) is 0 Å². The van der Waals surface area contributed by atoms with Crippen molar-refractivity contribution < 1.29 is 0 Å². The summed E-state index contributed by atoms with van der Waals surface area (Å²) in [5.74, 6) is 0. The molecule has 0 aromatic heterocycles. The van der Waals surface area contributed by atoms with E-state index in [1.165, 1.54) is 86.9 Å². The van der Waals surface area contributed by atoms with E-state index in [1.54, 1.807) is 0 Å². The van der Waals surface area contributed by atoms with Crippen LogP contribution in [-0.2, 0) is 12.8 Å². The van der Waals surface area contributed by atoms with Gasteiger partial charge in [-0.1, -0.05) is 158 Å². The summed E-state index contributed by atoms with van der Waals surface area (Å²) in [6.45, 7) is 12.9. The molecule has 0 heteroatoms. The molecule has 0 nitrogen and oxygen atoms in total. The normalized spacial score (nSPS) is 13.0. The van der Waals surface area contributed by atoms with Crippen molar-refractivity contribution in [1.82, 2.24) is 0 Å². The van der Waals surface area contributed by atoms with Crippen molar-refractivity contribution in [3.05, 3.63) is 178 Å². The van der Waals surface area contributed by atoms with Crippen molar-refractivity contribution in [1.29, 1.82) is 0 Å². The standard InChI is InChI=1S/C47H42/c1-6-8-14-40(31(3)4)46-27-33(19-22-35(46)7-2)25-39-29-36-13-9-10-15-41(36)47-28-34(20-23-43(39)47)26-38-30-37-21-18-32(5)24-45(37)44-17-12-11-16-42(38)44/h7-24,27-30H,3,6,25-26H2,1-2,4-5H3. The highest BCUT2D eigenvalue weighted by atomic mass is 14.2. The molecule has 0 aliphatic heterocycles. The molecule has 230 valence electrons. The first kappa shape index (κ1) is 30.5. The second-order valence-electron chi connectivity index (χ2n) is 13.0. The van der Waals surface area contributed by atoms with Crippen molar-refractivity contribution >= 4 is 54.7 Å². The number of benzene rings is 7. The molecule has 0 spiro atoms. The number of aryl methyl sites for hydroxylation is 1. The van der Waals surface area contributed by atoms with Crippen LogP contribution < -0.4 is 10.4 Å². The third-order valence-electron chi connectivity index (χ3n) is 9.60. The Bertz CT molecular complexity index is 2490. The first-order valence-corrected chi connectivity index (χ1v) is 16.9. The number of fused-ring (bicyclic) bond motifs is 6. The topological polar surface area (TPSA) is 0 Å². The summed E-state index contributed by atoms with van der Waals surface area (Å²) in [4.78, 5) is 0. The molecule has 0 bridgehead atoms. The largest absolute Gasteiger partial charge is 0.0955 e. The molecule has 0 unspecified atom stereocenters. The maximum atomic E-state index is 4.32. The molecule has 7 rings (SSSR count). The van der Waals surface area contributed by atoms with Crippen molar-refractivity contribution in [2.45, 2.75) is 47.0 Å². The van der Waals surface area contributed by atoms with Crippen molar-refractivity contribution in [3.63, 3.8) is 0 Å². The van der Waals surface area contributed by atoms with E-state index in [2.05, 4.69) is 168 Å². The predicted molar refractivity (Wildman–Crippen MR) is 207 cm³/mol. The van der Waals surface area contributed by atoms with Crippen molar-refractivity contribution in [3.8, 4) is 0 Å². The molecule has 0 saturated carbocycles. The summed E-state index contributed by atoms with van der Waals surface area (Å²) in [7, 11) is 0. The van der Waals surface area contributed by atoms with E-state index in [9.17, 15) is 0 Å². The lowest BCUT2D eigenvalue weighted by atomic mass is 9.89. The van der Waals surface area contributed by atoms with Gasteiger partial charge in [0.25, 0.3) is 0 Å². The fourth-order valence-electron chi connectivity index (χ4n) is 7.26. The van der Waals surface area contributed by atoms with Crippen molar-refractivity contribution in [2.75, 3.05) is 0 Å². The van der Waals surface area contributed by atoms with Crippen LogP contribution in [0.3, 0.4) is 0 Å². The number of hydrogen-bond acceptors (Lipinski definition) is 0. The molecule has 7 aromatic carbocycles. The van der Waals surface area contributed by atoms with E-state index in [4.69, 9.17) is 0 Å². The molecular formula is C47H42. The average molecular weight is 607 g/mol. The van der Waals surface area contributed by atoms with E-state index in [-0.39, 0.29) is 0 Å². The van der Waals surface area contributed by atoms with Crippen LogP contribution in [0.2, 0.25) is 0 Å². The first-order valence-electron chi connectivity index (χ1n) is 16.9. The van der Waals surface area contributed by atoms with E-state index < -0.39 is 0 Å². The lowest BCUT2D eigenvalue weighted by Crippen LogP contribution is -2.27. The summed E-state index contributed by atoms with van der Waals surface area (Å²) in [6.07, 6.45) is 9.43. The fraction of sp³-hybridized carbons (Fsp3) is 0.149. The van der Waals surface area contributed by atoms with Gasteiger partial charge in [0.1, 0.15) is 0 Å². The third-order valence-corrected chi connectivity index (χ3v) is 9.60. The number of rotatable bonds is 7. The highest BCUT2D eigenvalue weighted by Gasteiger charge is 2.12. The van der Waals surface area contributed by atoms with Gasteiger partial charge in [0.05, 0.1) is 0 Å². The molecule has 0 heterocycles. The molecule has 0 amide bonds. The van der Waals surface area contributed by atoms with Gasteiger partial charge in [0.2, 0.25) is 0 Å². The molecule has 7 aromatic rings. The average Bonchev–Trinajstić information content (AvgIpc) is 3.09. The van der Waals surface area contributed by atoms with Gasteiger partial charge in [-0.25, -0.2) is 0 Å². The minimum atomic E-state index is 0.868. The second-order valence-corrected chi connectivity index (χ2v) is 13.0. The van der Waals surface area contributed by atoms with Gasteiger partial charge < -0.3 is 0 Å². The Balaban J connectivity index is 1.36. The number of allylic oxidation sites excluding steroid dienone is 3. The van der Waals surface area contributed by atoms with Crippen LogP contribution in [0.4, 0.5) is 0 Å². The van der Waals surface area contributed by atoms with Gasteiger partial charge in [-0.15, -0.1) is 0 Å². The van der Waals surface area contributed by atoms with Crippen molar-refractivity contribution in [2.24, 2.45) is 0 Å². The van der Waals surface area contributed by atoms with Gasteiger partial charge in [-0.3, -0.25) is 0 Å². The summed E-state index contributed by atoms with van der Waals surface area (Å²) in [5.41, 5.74) is 8.98. The molecule has 0 fully saturated rings. The minimum absolute atomic E-state index is 0.868. The maximum Gasteiger partial charge on any atom is -0.00192 e. The number of hydrogen-bond donors (Lipinski definition) is 0. The molecule has 47 heavy (non-hydrogen) atoms. The van der Waals surface area contributed by atoms with E-state index in [1.807, 2.05) is 0 Å². The quantitative estimate of drug-likeness (QED) is 0.158. The minimum Gasteiger partial charge on any atom is -0.0955 e. The highest BCUT2D eigenvalue weighted by molar-refractivity contribution is 6.10. The zero-order valence-electron chi connectivity index (χ0n) is 28.0. The molecule has 0 aliphatic carbocycles. The molecule has 0 saturated heterocycles. The zero-order chi connectivity index (χ0) is 32.5. The van der Waals surface area contributed by atoms with Crippen LogP contribution in [-0.4, -0.2) is 0 Å². The summed E-state index contributed by atoms with van der Waals surface area (Å²) in [6, 6.07) is 43.4. The van der Waals surface area contributed by atoms with E-state index in [0.717, 1.165) is 24.8 Å². The molecular weight excluding hydrogens is 565 g/mol. The van der Waals surface area contributed by atoms with Crippen LogP contribution in [0.15, 0.2) is 140 Å².